The van der Waals surface area contributed by atoms with Crippen LogP contribution in [0.2, 0.25) is 0 Å². The van der Waals surface area contributed by atoms with Gasteiger partial charge in [-0.3, -0.25) is 0 Å². The van der Waals surface area contributed by atoms with Gasteiger partial charge in [0.15, 0.2) is 0 Å². The zero-order valence-corrected chi connectivity index (χ0v) is 15.3. The molecule has 1 heterocycles. The third kappa shape index (κ3) is 5.20. The average Bonchev–Trinajstić information content (AvgIpc) is 2.60. The smallest absolute Gasteiger partial charge is 0.225 e. The molecular weight excluding hydrogens is 298 g/mol. The quantitative estimate of drug-likeness (QED) is 0.716. The first-order valence-corrected chi connectivity index (χ1v) is 8.72. The zero-order chi connectivity index (χ0) is 17.4. The first-order valence-electron chi connectivity index (χ1n) is 8.72. The van der Waals surface area contributed by atoms with Crippen LogP contribution in [0, 0.1) is 0 Å². The monoisotopic (exact) mass is 327 g/mol. The van der Waals surface area contributed by atoms with E-state index in [2.05, 4.69) is 61.3 Å². The molecule has 0 fully saturated rings. The Hall–Kier alpha value is -2.14. The molecule has 0 aliphatic heterocycles. The van der Waals surface area contributed by atoms with E-state index in [0.717, 1.165) is 49.7 Å². The predicted octanol–water partition coefficient (Wildman–Crippen LogP) is 3.35. The molecule has 1 aromatic heterocycles. The zero-order valence-electron chi connectivity index (χ0n) is 15.3. The van der Waals surface area contributed by atoms with Gasteiger partial charge in [-0.2, -0.15) is 4.98 Å². The molecule has 130 valence electrons. The van der Waals surface area contributed by atoms with Crippen LogP contribution in [0.4, 0.5) is 11.8 Å². The standard InChI is InChI=1S/C19H29N5/c1-5-24(6-2)18-15-17(16-11-8-7-9-12-16)21-19(22-18)20-13-10-14-23(3)4/h7-9,11-12,15H,5-6,10,13-14H2,1-4H3,(H,20,21,22). The molecule has 0 unspecified atom stereocenters. The summed E-state index contributed by atoms with van der Waals surface area (Å²) >= 11 is 0. The fourth-order valence-corrected chi connectivity index (χ4v) is 2.58. The Labute approximate surface area is 145 Å². The van der Waals surface area contributed by atoms with Gasteiger partial charge in [-0.05, 0) is 40.9 Å². The maximum Gasteiger partial charge on any atom is 0.225 e. The Morgan fingerprint density at radius 3 is 2.33 bits per heavy atom. The first-order chi connectivity index (χ1) is 11.6. The van der Waals surface area contributed by atoms with Crippen molar-refractivity contribution >= 4 is 11.8 Å². The first kappa shape index (κ1) is 18.2. The summed E-state index contributed by atoms with van der Waals surface area (Å²) in [4.78, 5) is 13.9. The van der Waals surface area contributed by atoms with Crippen LogP contribution >= 0.6 is 0 Å². The SMILES string of the molecule is CCN(CC)c1cc(-c2ccccc2)nc(NCCCN(C)C)n1. The number of nitrogens with one attached hydrogen (secondary N) is 1. The van der Waals surface area contributed by atoms with Crippen molar-refractivity contribution in [2.45, 2.75) is 20.3 Å². The summed E-state index contributed by atoms with van der Waals surface area (Å²) in [5.74, 6) is 1.68. The highest BCUT2D eigenvalue weighted by atomic mass is 15.2. The highest BCUT2D eigenvalue weighted by Crippen LogP contribution is 2.23. The van der Waals surface area contributed by atoms with E-state index in [1.54, 1.807) is 0 Å². The second kappa shape index (κ2) is 9.23. The van der Waals surface area contributed by atoms with Crippen molar-refractivity contribution in [2.24, 2.45) is 0 Å². The topological polar surface area (TPSA) is 44.3 Å². The third-order valence-electron chi connectivity index (χ3n) is 3.93. The highest BCUT2D eigenvalue weighted by molar-refractivity contribution is 5.64. The van der Waals surface area contributed by atoms with Crippen LogP contribution < -0.4 is 10.2 Å². The van der Waals surface area contributed by atoms with Crippen LogP contribution in [0.25, 0.3) is 11.3 Å². The minimum atomic E-state index is 0.706. The summed E-state index contributed by atoms with van der Waals surface area (Å²) in [5.41, 5.74) is 2.08. The molecule has 1 aromatic carbocycles. The van der Waals surface area contributed by atoms with Gasteiger partial charge in [0.1, 0.15) is 5.82 Å². The van der Waals surface area contributed by atoms with Crippen LogP contribution in [0.1, 0.15) is 20.3 Å². The van der Waals surface area contributed by atoms with Gasteiger partial charge < -0.3 is 15.1 Å². The molecule has 24 heavy (non-hydrogen) atoms. The molecule has 1 N–H and O–H groups in total. The molecule has 0 saturated heterocycles. The summed E-state index contributed by atoms with van der Waals surface area (Å²) in [6.45, 7) is 8.09. The summed E-state index contributed by atoms with van der Waals surface area (Å²) < 4.78 is 0. The summed E-state index contributed by atoms with van der Waals surface area (Å²) in [5, 5.41) is 3.38. The van der Waals surface area contributed by atoms with Gasteiger partial charge in [0.25, 0.3) is 0 Å². The second-order valence-electron chi connectivity index (χ2n) is 6.06. The minimum absolute atomic E-state index is 0.706. The Kier molecular flexibility index (Phi) is 7.00. The van der Waals surface area contributed by atoms with E-state index < -0.39 is 0 Å². The van der Waals surface area contributed by atoms with E-state index in [9.17, 15) is 0 Å². The lowest BCUT2D eigenvalue weighted by Gasteiger charge is -2.21. The van der Waals surface area contributed by atoms with Gasteiger partial charge >= 0.3 is 0 Å². The maximum absolute atomic E-state index is 4.71. The van der Waals surface area contributed by atoms with Crippen LogP contribution in [0.15, 0.2) is 36.4 Å². The van der Waals surface area contributed by atoms with Crippen molar-refractivity contribution < 1.29 is 0 Å². The van der Waals surface area contributed by atoms with Gasteiger partial charge in [0.05, 0.1) is 5.69 Å². The van der Waals surface area contributed by atoms with E-state index in [4.69, 9.17) is 9.97 Å². The Morgan fingerprint density at radius 2 is 1.71 bits per heavy atom. The number of hydrogen-bond acceptors (Lipinski definition) is 5. The van der Waals surface area contributed by atoms with Crippen molar-refractivity contribution in [2.75, 3.05) is 50.5 Å². The molecule has 0 radical (unpaired) electrons. The van der Waals surface area contributed by atoms with Gasteiger partial charge in [-0.15, -0.1) is 0 Å². The molecule has 2 aromatic rings. The largest absolute Gasteiger partial charge is 0.357 e. The summed E-state index contributed by atoms with van der Waals surface area (Å²) in [6, 6.07) is 12.4. The van der Waals surface area contributed by atoms with Crippen molar-refractivity contribution in [3.05, 3.63) is 36.4 Å². The molecule has 0 saturated carbocycles. The number of rotatable bonds is 9. The molecule has 0 aliphatic carbocycles. The number of nitrogens with zero attached hydrogens (tertiary/aromatic N) is 4. The van der Waals surface area contributed by atoms with E-state index in [0.29, 0.717) is 5.95 Å². The van der Waals surface area contributed by atoms with Crippen LogP contribution in [0.5, 0.6) is 0 Å². The van der Waals surface area contributed by atoms with Gasteiger partial charge in [-0.25, -0.2) is 4.98 Å². The number of aromatic nitrogens is 2. The lowest BCUT2D eigenvalue weighted by atomic mass is 10.1. The maximum atomic E-state index is 4.71. The van der Waals surface area contributed by atoms with Crippen LogP contribution in [-0.2, 0) is 0 Å². The van der Waals surface area contributed by atoms with Crippen molar-refractivity contribution in [3.8, 4) is 11.3 Å². The predicted molar refractivity (Wildman–Crippen MR) is 103 cm³/mol. The Bertz CT molecular complexity index is 608. The third-order valence-corrected chi connectivity index (χ3v) is 3.93. The van der Waals surface area contributed by atoms with Crippen molar-refractivity contribution in [1.29, 1.82) is 0 Å². The van der Waals surface area contributed by atoms with E-state index in [1.165, 1.54) is 0 Å². The normalized spacial score (nSPS) is 10.9. The molecule has 0 amide bonds. The van der Waals surface area contributed by atoms with Crippen LogP contribution in [0.3, 0.4) is 0 Å². The molecule has 0 spiro atoms. The van der Waals surface area contributed by atoms with Crippen LogP contribution in [-0.4, -0.2) is 55.1 Å². The lowest BCUT2D eigenvalue weighted by Crippen LogP contribution is -2.24. The molecule has 2 rings (SSSR count). The molecule has 5 heteroatoms. The molecule has 5 nitrogen and oxygen atoms in total. The van der Waals surface area contributed by atoms with Crippen molar-refractivity contribution in [1.82, 2.24) is 14.9 Å². The molecular formula is C19H29N5. The van der Waals surface area contributed by atoms with E-state index in [-0.39, 0.29) is 0 Å². The second-order valence-corrected chi connectivity index (χ2v) is 6.06. The van der Waals surface area contributed by atoms with E-state index in [1.807, 2.05) is 18.2 Å². The molecule has 0 aliphatic rings. The van der Waals surface area contributed by atoms with E-state index >= 15 is 0 Å². The number of anilines is 2. The molecule has 0 atom stereocenters. The van der Waals surface area contributed by atoms with Gasteiger partial charge in [0, 0.05) is 31.3 Å². The fourth-order valence-electron chi connectivity index (χ4n) is 2.58. The lowest BCUT2D eigenvalue weighted by molar-refractivity contribution is 0.405. The van der Waals surface area contributed by atoms with Crippen molar-refractivity contribution in [3.63, 3.8) is 0 Å². The Morgan fingerprint density at radius 1 is 1.00 bits per heavy atom. The minimum Gasteiger partial charge on any atom is -0.357 e. The summed E-state index contributed by atoms with van der Waals surface area (Å²) in [6.07, 6.45) is 1.06. The fraction of sp³-hybridized carbons (Fsp3) is 0.474. The summed E-state index contributed by atoms with van der Waals surface area (Å²) in [7, 11) is 4.18. The average molecular weight is 327 g/mol. The number of hydrogen-bond donors (Lipinski definition) is 1. The Balaban J connectivity index is 2.23. The van der Waals surface area contributed by atoms with Gasteiger partial charge in [-0.1, -0.05) is 30.3 Å². The molecule has 0 bridgehead atoms. The number of benzene rings is 1. The van der Waals surface area contributed by atoms with Gasteiger partial charge in [0.2, 0.25) is 5.95 Å². The highest BCUT2D eigenvalue weighted by Gasteiger charge is 2.10.